The van der Waals surface area contributed by atoms with E-state index in [2.05, 4.69) is 0 Å². The smallest absolute Gasteiger partial charge is 0.296 e. The lowest BCUT2D eigenvalue weighted by atomic mass is 10.3. The molecule has 0 amide bonds. The Morgan fingerprint density at radius 2 is 1.55 bits per heavy atom. The van der Waals surface area contributed by atoms with Gasteiger partial charge in [-0.1, -0.05) is 23.2 Å². The number of rotatable bonds is 3. The Hall–Kier alpha value is -1.32. The van der Waals surface area contributed by atoms with Gasteiger partial charge in [0.25, 0.3) is 10.1 Å². The number of hydrogen-bond donors (Lipinski definition) is 2. The van der Waals surface area contributed by atoms with Crippen LogP contribution >= 0.6 is 23.2 Å². The zero-order valence-electron chi connectivity index (χ0n) is 10.7. The van der Waals surface area contributed by atoms with Crippen molar-refractivity contribution in [1.29, 1.82) is 0 Å². The summed E-state index contributed by atoms with van der Waals surface area (Å²) in [6.07, 6.45) is 0. The summed E-state index contributed by atoms with van der Waals surface area (Å²) in [5, 5.41) is -0.0447. The van der Waals surface area contributed by atoms with Gasteiger partial charge in [-0.25, -0.2) is 8.42 Å². The predicted octanol–water partition coefficient (Wildman–Crippen LogP) is 2.66. The highest BCUT2D eigenvalue weighted by atomic mass is 35.5. The van der Waals surface area contributed by atoms with Gasteiger partial charge in [0, 0.05) is 5.02 Å². The first kappa shape index (κ1) is 17.0. The molecule has 2 rings (SSSR count). The number of anilines is 1. The van der Waals surface area contributed by atoms with Crippen molar-refractivity contribution in [1.82, 2.24) is 0 Å². The Morgan fingerprint density at radius 3 is 2.09 bits per heavy atom. The van der Waals surface area contributed by atoms with Crippen LogP contribution in [0.15, 0.2) is 51.1 Å². The van der Waals surface area contributed by atoms with Crippen LogP contribution in [0, 0.1) is 0 Å². The fraction of sp³-hybridized carbons (Fsp3) is 0. The van der Waals surface area contributed by atoms with Crippen LogP contribution in [0.4, 0.5) is 5.69 Å². The first-order valence-electron chi connectivity index (χ1n) is 5.60. The minimum atomic E-state index is -4.66. The molecule has 118 valence electrons. The van der Waals surface area contributed by atoms with Crippen LogP contribution in [-0.4, -0.2) is 21.4 Å². The third-order valence-electron chi connectivity index (χ3n) is 2.75. The molecule has 0 aliphatic rings. The lowest BCUT2D eigenvalue weighted by Crippen LogP contribution is -2.07. The molecule has 0 bridgehead atoms. The van der Waals surface area contributed by atoms with Gasteiger partial charge in [-0.15, -0.1) is 0 Å². The van der Waals surface area contributed by atoms with Gasteiger partial charge < -0.3 is 5.73 Å². The average Bonchev–Trinajstić information content (AvgIpc) is 2.36. The Bertz CT molecular complexity index is 955. The molecule has 22 heavy (non-hydrogen) atoms. The maximum absolute atomic E-state index is 12.5. The van der Waals surface area contributed by atoms with Crippen LogP contribution in [0.5, 0.6) is 0 Å². The minimum Gasteiger partial charge on any atom is -0.398 e. The van der Waals surface area contributed by atoms with E-state index in [1.54, 1.807) is 0 Å². The molecule has 0 aliphatic heterocycles. The van der Waals surface area contributed by atoms with Crippen LogP contribution in [0.2, 0.25) is 10.0 Å². The van der Waals surface area contributed by atoms with Gasteiger partial charge in [0.1, 0.15) is 4.90 Å². The first-order chi connectivity index (χ1) is 10.0. The number of sulfone groups is 1. The summed E-state index contributed by atoms with van der Waals surface area (Å²) < 4.78 is 56.5. The van der Waals surface area contributed by atoms with E-state index in [1.165, 1.54) is 18.2 Å². The zero-order valence-corrected chi connectivity index (χ0v) is 13.8. The Labute approximate surface area is 137 Å². The highest BCUT2D eigenvalue weighted by Crippen LogP contribution is 2.31. The first-order valence-corrected chi connectivity index (χ1v) is 9.28. The van der Waals surface area contributed by atoms with Crippen LogP contribution < -0.4 is 5.73 Å². The highest BCUT2D eigenvalue weighted by molar-refractivity contribution is 7.91. The molecule has 2 aromatic carbocycles. The van der Waals surface area contributed by atoms with Crippen LogP contribution in [0.3, 0.4) is 0 Å². The van der Waals surface area contributed by atoms with Gasteiger partial charge in [-0.2, -0.15) is 8.42 Å². The second-order valence-electron chi connectivity index (χ2n) is 4.25. The summed E-state index contributed by atoms with van der Waals surface area (Å²) in [4.78, 5) is -1.32. The Kier molecular flexibility index (Phi) is 4.42. The average molecular weight is 382 g/mol. The molecule has 0 unspecified atom stereocenters. The second-order valence-corrected chi connectivity index (χ2v) is 8.40. The second kappa shape index (κ2) is 5.71. The number of nitrogen functional groups attached to an aromatic ring is 1. The molecule has 0 aromatic heterocycles. The maximum atomic E-state index is 12.5. The summed E-state index contributed by atoms with van der Waals surface area (Å²) in [5.74, 6) is 0. The third kappa shape index (κ3) is 3.21. The van der Waals surface area contributed by atoms with E-state index in [4.69, 9.17) is 33.5 Å². The number of hydrogen-bond acceptors (Lipinski definition) is 5. The molecule has 0 saturated heterocycles. The predicted molar refractivity (Wildman–Crippen MR) is 82.6 cm³/mol. The van der Waals surface area contributed by atoms with Crippen molar-refractivity contribution in [2.75, 3.05) is 5.73 Å². The van der Waals surface area contributed by atoms with Gasteiger partial charge in [0.05, 0.1) is 20.5 Å². The fourth-order valence-corrected chi connectivity index (χ4v) is 4.39. The van der Waals surface area contributed by atoms with Gasteiger partial charge in [-0.3, -0.25) is 4.55 Å². The van der Waals surface area contributed by atoms with Crippen molar-refractivity contribution in [3.63, 3.8) is 0 Å². The van der Waals surface area contributed by atoms with E-state index in [1.807, 2.05) is 0 Å². The van der Waals surface area contributed by atoms with E-state index in [0.717, 1.165) is 18.2 Å². The summed E-state index contributed by atoms with van der Waals surface area (Å²) >= 11 is 11.4. The van der Waals surface area contributed by atoms with Crippen LogP contribution in [0.1, 0.15) is 0 Å². The van der Waals surface area contributed by atoms with E-state index in [-0.39, 0.29) is 25.5 Å². The normalized spacial score (nSPS) is 12.3. The monoisotopic (exact) mass is 381 g/mol. The standard InChI is InChI=1S/C12H9Cl2NO5S2/c13-7-1-4-11(10(15)5-7)21(16,17)8-2-3-9(14)12(6-8)22(18,19)20/h1-6H,15H2,(H,18,19,20). The molecule has 0 spiro atoms. The number of halogens is 2. The fourth-order valence-electron chi connectivity index (χ4n) is 1.74. The van der Waals surface area contributed by atoms with Gasteiger partial charge in [0.2, 0.25) is 9.84 Å². The number of nitrogens with two attached hydrogens (primary N) is 1. The lowest BCUT2D eigenvalue weighted by molar-refractivity contribution is 0.483. The maximum Gasteiger partial charge on any atom is 0.296 e. The third-order valence-corrected chi connectivity index (χ3v) is 6.15. The van der Waals surface area contributed by atoms with Gasteiger partial charge in [-0.05, 0) is 36.4 Å². The number of benzene rings is 2. The molecule has 0 atom stereocenters. The molecule has 0 fully saturated rings. The molecule has 0 aliphatic carbocycles. The van der Waals surface area contributed by atoms with Gasteiger partial charge in [0.15, 0.2) is 0 Å². The largest absolute Gasteiger partial charge is 0.398 e. The summed E-state index contributed by atoms with van der Waals surface area (Å²) in [7, 11) is -8.77. The summed E-state index contributed by atoms with van der Waals surface area (Å²) in [6.45, 7) is 0. The van der Waals surface area contributed by atoms with Crippen molar-refractivity contribution in [2.24, 2.45) is 0 Å². The molecule has 10 heteroatoms. The molecule has 0 radical (unpaired) electrons. The molecule has 3 N–H and O–H groups in total. The zero-order chi connectivity index (χ0) is 16.7. The topological polar surface area (TPSA) is 115 Å². The van der Waals surface area contributed by atoms with Crippen molar-refractivity contribution in [3.8, 4) is 0 Å². The highest BCUT2D eigenvalue weighted by Gasteiger charge is 2.24. The van der Waals surface area contributed by atoms with E-state index >= 15 is 0 Å². The molecule has 0 saturated carbocycles. The SMILES string of the molecule is Nc1cc(Cl)ccc1S(=O)(=O)c1ccc(Cl)c(S(=O)(=O)O)c1. The molecular weight excluding hydrogens is 373 g/mol. The van der Waals surface area contributed by atoms with Crippen LogP contribution in [0.25, 0.3) is 0 Å². The van der Waals surface area contributed by atoms with E-state index in [9.17, 15) is 16.8 Å². The van der Waals surface area contributed by atoms with Crippen molar-refractivity contribution < 1.29 is 21.4 Å². The van der Waals surface area contributed by atoms with Crippen molar-refractivity contribution >= 4 is 48.8 Å². The van der Waals surface area contributed by atoms with E-state index in [0.29, 0.717) is 0 Å². The lowest BCUT2D eigenvalue weighted by Gasteiger charge is -2.09. The quantitative estimate of drug-likeness (QED) is 0.623. The minimum absolute atomic E-state index is 0.0872. The van der Waals surface area contributed by atoms with Crippen molar-refractivity contribution in [2.45, 2.75) is 14.7 Å². The van der Waals surface area contributed by atoms with Crippen LogP contribution in [-0.2, 0) is 20.0 Å². The Balaban J connectivity index is 2.70. The van der Waals surface area contributed by atoms with Gasteiger partial charge >= 0.3 is 0 Å². The van der Waals surface area contributed by atoms with E-state index < -0.39 is 24.9 Å². The molecule has 6 nitrogen and oxygen atoms in total. The summed E-state index contributed by atoms with van der Waals surface area (Å²) in [5.41, 5.74) is 5.55. The summed E-state index contributed by atoms with van der Waals surface area (Å²) in [6, 6.07) is 6.73. The molecule has 2 aromatic rings. The Morgan fingerprint density at radius 1 is 0.909 bits per heavy atom. The molecular formula is C12H9Cl2NO5S2. The molecule has 0 heterocycles. The van der Waals surface area contributed by atoms with Crippen molar-refractivity contribution in [3.05, 3.63) is 46.4 Å².